The van der Waals surface area contributed by atoms with E-state index in [-0.39, 0.29) is 10.8 Å². The normalized spacial score (nSPS) is 13.9. The quantitative estimate of drug-likeness (QED) is 0.328. The summed E-state index contributed by atoms with van der Waals surface area (Å²) in [7, 11) is -4.52. The fraction of sp³-hybridized carbons (Fsp3) is 0.308. The van der Waals surface area contributed by atoms with E-state index < -0.39 is 16.8 Å². The zero-order valence-electron chi connectivity index (χ0n) is 19.3. The van der Waals surface area contributed by atoms with E-state index in [0.717, 1.165) is 27.8 Å². The van der Waals surface area contributed by atoms with Gasteiger partial charge in [-0.2, -0.15) is 0 Å². The second kappa shape index (κ2) is 8.20. The summed E-state index contributed by atoms with van der Waals surface area (Å²) in [5, 5.41) is 0.833. The van der Waals surface area contributed by atoms with Gasteiger partial charge in [-0.05, 0) is 45.2 Å². The molecule has 0 radical (unpaired) electrons. The van der Waals surface area contributed by atoms with Crippen molar-refractivity contribution in [2.24, 2.45) is 0 Å². The molecule has 4 nitrogen and oxygen atoms in total. The van der Waals surface area contributed by atoms with Crippen molar-refractivity contribution in [3.63, 3.8) is 0 Å². The number of fused-ring (bicyclic) bond motifs is 4. The average molecular weight is 468 g/mol. The maximum Gasteiger partial charge on any atom is 0.263 e. The first-order chi connectivity index (χ1) is 14.9. The van der Waals surface area contributed by atoms with Crippen LogP contribution in [0.4, 0.5) is 0 Å². The van der Waals surface area contributed by atoms with Gasteiger partial charge >= 0.3 is 0 Å². The van der Waals surface area contributed by atoms with Crippen LogP contribution in [0, 0.1) is 0 Å². The van der Waals surface area contributed by atoms with E-state index >= 15 is 0 Å². The molecule has 4 rings (SSSR count). The van der Waals surface area contributed by atoms with Gasteiger partial charge in [0.15, 0.2) is 8.38 Å². The number of hydrogen-bond acceptors (Lipinski definition) is 4. The topological polar surface area (TPSA) is 69.9 Å². The van der Waals surface area contributed by atoms with Gasteiger partial charge in [-0.3, -0.25) is 0 Å². The van der Waals surface area contributed by atoms with Gasteiger partial charge < -0.3 is 19.2 Å². The molecule has 1 unspecified atom stereocenters. The minimum atomic E-state index is -2.39. The van der Waals surface area contributed by atoms with Crippen LogP contribution in [-0.4, -0.2) is 14.7 Å². The summed E-state index contributed by atoms with van der Waals surface area (Å²) < 4.78 is 6.28. The molecule has 1 aliphatic carbocycles. The summed E-state index contributed by atoms with van der Waals surface area (Å²) in [6.45, 7) is 12.9. The predicted octanol–water partition coefficient (Wildman–Crippen LogP) is 5.86. The molecule has 0 spiro atoms. The van der Waals surface area contributed by atoms with E-state index in [9.17, 15) is 14.7 Å². The monoisotopic (exact) mass is 468 g/mol. The van der Waals surface area contributed by atoms with Crippen LogP contribution in [0.5, 0.6) is 5.75 Å². The first kappa shape index (κ1) is 23.4. The van der Waals surface area contributed by atoms with E-state index in [2.05, 4.69) is 47.6 Å². The Bertz CT molecular complexity index is 1170. The second-order valence-electron chi connectivity index (χ2n) is 10.2. The third-order valence-electron chi connectivity index (χ3n) is 5.82. The van der Waals surface area contributed by atoms with Crippen LogP contribution in [0.25, 0.3) is 22.3 Å². The minimum Gasteiger partial charge on any atom is -0.444 e. The van der Waals surface area contributed by atoms with Crippen molar-refractivity contribution in [1.29, 1.82) is 0 Å². The Kier molecular flexibility index (Phi) is 5.99. The fourth-order valence-electron chi connectivity index (χ4n) is 4.45. The van der Waals surface area contributed by atoms with Gasteiger partial charge in [-0.1, -0.05) is 84.0 Å². The molecule has 6 heteroatoms. The number of rotatable bonds is 4. The van der Waals surface area contributed by atoms with Gasteiger partial charge in [-0.25, -0.2) is 0 Å². The van der Waals surface area contributed by atoms with E-state index in [1.165, 1.54) is 5.56 Å². The summed E-state index contributed by atoms with van der Waals surface area (Å²) in [6.07, 6.45) is 0. The largest absolute Gasteiger partial charge is 0.444 e. The molecule has 3 N–H and O–H groups in total. The van der Waals surface area contributed by atoms with Crippen LogP contribution < -0.4 is 15.1 Å². The minimum absolute atomic E-state index is 0.0919. The fourth-order valence-corrected chi connectivity index (χ4v) is 6.62. The summed E-state index contributed by atoms with van der Waals surface area (Å²) in [5.74, 6) is 0.634. The van der Waals surface area contributed by atoms with Gasteiger partial charge in [-0.15, -0.1) is 0 Å². The molecule has 32 heavy (non-hydrogen) atoms. The average Bonchev–Trinajstić information content (AvgIpc) is 2.69. The summed E-state index contributed by atoms with van der Waals surface area (Å²) >= 11 is 0. The van der Waals surface area contributed by atoms with Crippen molar-refractivity contribution >= 4 is 27.4 Å². The van der Waals surface area contributed by atoms with Crippen LogP contribution >= 0.6 is 16.8 Å². The lowest BCUT2D eigenvalue weighted by Gasteiger charge is -2.33. The Morgan fingerprint density at radius 3 is 1.94 bits per heavy atom. The first-order valence-corrected chi connectivity index (χ1v) is 13.1. The lowest BCUT2D eigenvalue weighted by molar-refractivity contribution is 0.466. The third-order valence-corrected chi connectivity index (χ3v) is 8.02. The van der Waals surface area contributed by atoms with Gasteiger partial charge in [0.25, 0.3) is 8.38 Å². The molecule has 168 valence electrons. The molecule has 1 atom stereocenters. The Balaban J connectivity index is 1.84. The maximum atomic E-state index is 11.4. The van der Waals surface area contributed by atoms with E-state index in [1.54, 1.807) is 6.07 Å². The van der Waals surface area contributed by atoms with Gasteiger partial charge in [0.2, 0.25) is 0 Å². The first-order valence-electron chi connectivity index (χ1n) is 10.7. The van der Waals surface area contributed by atoms with Crippen molar-refractivity contribution in [3.05, 3.63) is 65.7 Å². The Hall–Kier alpha value is -1.80. The molecule has 0 saturated heterocycles. The highest BCUT2D eigenvalue weighted by Gasteiger charge is 2.35. The maximum absolute atomic E-state index is 11.4. The molecule has 0 heterocycles. The Morgan fingerprint density at radius 2 is 1.34 bits per heavy atom. The molecule has 0 fully saturated rings. The molecule has 0 saturated carbocycles. The highest BCUT2D eigenvalue weighted by molar-refractivity contribution is 7.62. The Labute approximate surface area is 192 Å². The smallest absolute Gasteiger partial charge is 0.263 e. The van der Waals surface area contributed by atoms with E-state index in [0.29, 0.717) is 16.4 Å². The summed E-state index contributed by atoms with van der Waals surface area (Å²) in [5.41, 5.74) is 5.89. The molecular weight excluding hydrogens is 438 g/mol. The molecule has 3 aromatic rings. The van der Waals surface area contributed by atoms with E-state index in [1.807, 2.05) is 42.5 Å². The molecule has 1 aliphatic rings. The van der Waals surface area contributed by atoms with Gasteiger partial charge in [0, 0.05) is 16.4 Å². The zero-order chi connectivity index (χ0) is 23.4. The lowest BCUT2D eigenvalue weighted by Crippen LogP contribution is -2.29. The number of hydrogen-bond donors (Lipinski definition) is 3. The van der Waals surface area contributed by atoms with Crippen LogP contribution in [-0.2, 0) is 10.8 Å². The highest BCUT2D eigenvalue weighted by Crippen LogP contribution is 2.52. The lowest BCUT2D eigenvalue weighted by atomic mass is 9.75. The van der Waals surface area contributed by atoms with Crippen molar-refractivity contribution in [2.75, 3.05) is 0 Å². The van der Waals surface area contributed by atoms with Crippen molar-refractivity contribution in [2.45, 2.75) is 52.4 Å². The standard InChI is InChI=1S/C26H30O4P2/c1-25(2,3)19-12-9-13-20(23(19)26(4,5)6)30-32(29)24-21(31(27)28)15-14-18-16-10-7-8-11-17(16)22(18)24/h7-15,27-29H,1-6H3. The molecule has 0 bridgehead atoms. The van der Waals surface area contributed by atoms with Crippen molar-refractivity contribution in [1.82, 2.24) is 0 Å². The molecular formula is C26H30O4P2. The molecule has 3 aromatic carbocycles. The van der Waals surface area contributed by atoms with Crippen molar-refractivity contribution < 1.29 is 19.2 Å². The second-order valence-corrected chi connectivity index (χ2v) is 12.5. The molecule has 0 aromatic heterocycles. The van der Waals surface area contributed by atoms with Crippen LogP contribution in [0.3, 0.4) is 0 Å². The molecule has 0 aliphatic heterocycles. The van der Waals surface area contributed by atoms with Gasteiger partial charge in [0.05, 0.1) is 5.30 Å². The zero-order valence-corrected chi connectivity index (χ0v) is 21.1. The van der Waals surface area contributed by atoms with Gasteiger partial charge in [0.1, 0.15) is 5.75 Å². The highest BCUT2D eigenvalue weighted by atomic mass is 31.2. The summed E-state index contributed by atoms with van der Waals surface area (Å²) in [6, 6.07) is 17.5. The number of benzene rings is 3. The van der Waals surface area contributed by atoms with Crippen LogP contribution in [0.1, 0.15) is 52.7 Å². The third kappa shape index (κ3) is 4.00. The summed E-state index contributed by atoms with van der Waals surface area (Å²) in [4.78, 5) is 31.6. The predicted molar refractivity (Wildman–Crippen MR) is 135 cm³/mol. The van der Waals surface area contributed by atoms with Crippen LogP contribution in [0.2, 0.25) is 0 Å². The van der Waals surface area contributed by atoms with Crippen molar-refractivity contribution in [3.8, 4) is 28.0 Å². The SMILES string of the molecule is CC(C)(C)c1cccc(OP(O)c2c(P(O)O)ccc3c2-c2ccccc2-3)c1C(C)(C)C. The van der Waals surface area contributed by atoms with E-state index in [4.69, 9.17) is 4.52 Å². The van der Waals surface area contributed by atoms with Crippen LogP contribution in [0.15, 0.2) is 54.6 Å². The molecule has 0 amide bonds. The Morgan fingerprint density at radius 1 is 0.688 bits per heavy atom.